The Morgan fingerprint density at radius 3 is 2.44 bits per heavy atom. The molecule has 1 aromatic heterocycles. The van der Waals surface area contributed by atoms with Crippen molar-refractivity contribution in [3.05, 3.63) is 51.4 Å². The average molecular weight is 372 g/mol. The molecule has 8 heteroatoms. The zero-order valence-corrected chi connectivity index (χ0v) is 15.3. The first kappa shape index (κ1) is 18.5. The fourth-order valence-corrected chi connectivity index (χ4v) is 3.31. The van der Waals surface area contributed by atoms with Gasteiger partial charge in [0, 0.05) is 32.3 Å². The fourth-order valence-electron chi connectivity index (χ4n) is 3.31. The van der Waals surface area contributed by atoms with E-state index < -0.39 is 11.5 Å². The molecule has 142 valence electrons. The smallest absolute Gasteiger partial charge is 0.341 e. The number of ether oxygens (including phenoxy) is 2. The van der Waals surface area contributed by atoms with Crippen molar-refractivity contribution >= 4 is 11.9 Å². The molecule has 0 atom stereocenters. The van der Waals surface area contributed by atoms with Crippen LogP contribution in [-0.4, -0.2) is 47.2 Å². The first-order valence-corrected chi connectivity index (χ1v) is 8.36. The number of carboxylic acids is 1. The molecule has 2 heterocycles. The van der Waals surface area contributed by atoms with E-state index >= 15 is 0 Å². The minimum Gasteiger partial charge on any atom is -0.493 e. The summed E-state index contributed by atoms with van der Waals surface area (Å²) in [5.41, 5.74) is 0.697. The number of amides is 1. The average Bonchev–Trinajstić information content (AvgIpc) is 2.66. The highest BCUT2D eigenvalue weighted by molar-refractivity contribution is 5.89. The lowest BCUT2D eigenvalue weighted by Crippen LogP contribution is -2.38. The molecule has 0 fully saturated rings. The lowest BCUT2D eigenvalue weighted by Gasteiger charge is -2.29. The van der Waals surface area contributed by atoms with E-state index in [0.29, 0.717) is 41.3 Å². The van der Waals surface area contributed by atoms with Crippen molar-refractivity contribution in [1.29, 1.82) is 0 Å². The number of carboxylic acid groups (broad SMARTS) is 1. The quantitative estimate of drug-likeness (QED) is 0.873. The highest BCUT2D eigenvalue weighted by atomic mass is 16.5. The number of carbonyl (C=O) groups is 2. The summed E-state index contributed by atoms with van der Waals surface area (Å²) in [7, 11) is 2.98. The SMILES string of the molecule is COc1ccc(-n2cc3c(c(C(=O)O)c2=O)CCN(C(C)=O)C3)cc1OC. The van der Waals surface area contributed by atoms with E-state index in [-0.39, 0.29) is 18.0 Å². The fraction of sp³-hybridized carbons (Fsp3) is 0.316. The van der Waals surface area contributed by atoms with Gasteiger partial charge in [0.05, 0.1) is 19.9 Å². The second-order valence-electron chi connectivity index (χ2n) is 6.22. The molecule has 1 aliphatic rings. The monoisotopic (exact) mass is 372 g/mol. The summed E-state index contributed by atoms with van der Waals surface area (Å²) in [5, 5.41) is 9.61. The zero-order chi connectivity index (χ0) is 19.7. The van der Waals surface area contributed by atoms with Crippen LogP contribution in [-0.2, 0) is 17.8 Å². The molecule has 0 aliphatic carbocycles. The second-order valence-corrected chi connectivity index (χ2v) is 6.22. The standard InChI is InChI=1S/C19H20N2O6/c1-11(22)20-7-6-14-12(9-20)10-21(18(23)17(14)19(24)25)13-4-5-15(26-2)16(8-13)27-3/h4-5,8,10H,6-7,9H2,1-3H3,(H,24,25). The molecule has 1 amide bonds. The van der Waals surface area contributed by atoms with E-state index in [1.165, 1.54) is 25.7 Å². The Kier molecular flexibility index (Phi) is 4.89. The van der Waals surface area contributed by atoms with Gasteiger partial charge in [-0.3, -0.25) is 14.2 Å². The van der Waals surface area contributed by atoms with Crippen LogP contribution in [0.5, 0.6) is 11.5 Å². The number of aromatic carboxylic acids is 1. The van der Waals surface area contributed by atoms with Crippen molar-refractivity contribution in [3.63, 3.8) is 0 Å². The third-order valence-electron chi connectivity index (χ3n) is 4.70. The molecule has 1 N–H and O–H groups in total. The number of aromatic nitrogens is 1. The van der Waals surface area contributed by atoms with Gasteiger partial charge >= 0.3 is 5.97 Å². The molecule has 3 rings (SSSR count). The molecule has 0 saturated carbocycles. The third kappa shape index (κ3) is 3.25. The number of pyridine rings is 1. The van der Waals surface area contributed by atoms with E-state index in [2.05, 4.69) is 0 Å². The van der Waals surface area contributed by atoms with Crippen LogP contribution in [0, 0.1) is 0 Å². The Morgan fingerprint density at radius 1 is 1.15 bits per heavy atom. The Balaban J connectivity index is 2.21. The Labute approximate surface area is 155 Å². The lowest BCUT2D eigenvalue weighted by molar-refractivity contribution is -0.129. The summed E-state index contributed by atoms with van der Waals surface area (Å²) in [6.45, 7) is 2.12. The summed E-state index contributed by atoms with van der Waals surface area (Å²) in [5.74, 6) is -0.459. The number of benzene rings is 1. The summed E-state index contributed by atoms with van der Waals surface area (Å²) in [6, 6.07) is 4.89. The van der Waals surface area contributed by atoms with Gasteiger partial charge in [0.2, 0.25) is 5.91 Å². The zero-order valence-electron chi connectivity index (χ0n) is 15.3. The normalized spacial score (nSPS) is 13.1. The predicted molar refractivity (Wildman–Crippen MR) is 96.9 cm³/mol. The van der Waals surface area contributed by atoms with Crippen molar-refractivity contribution in [2.75, 3.05) is 20.8 Å². The number of rotatable bonds is 4. The first-order valence-electron chi connectivity index (χ1n) is 8.36. The van der Waals surface area contributed by atoms with Crippen LogP contribution in [0.15, 0.2) is 29.2 Å². The maximum Gasteiger partial charge on any atom is 0.341 e. The summed E-state index contributed by atoms with van der Waals surface area (Å²) < 4.78 is 11.7. The van der Waals surface area contributed by atoms with Gasteiger partial charge in [0.15, 0.2) is 11.5 Å². The van der Waals surface area contributed by atoms with E-state index in [4.69, 9.17) is 9.47 Å². The van der Waals surface area contributed by atoms with Crippen LogP contribution < -0.4 is 15.0 Å². The summed E-state index contributed by atoms with van der Waals surface area (Å²) in [6.07, 6.45) is 1.93. The summed E-state index contributed by atoms with van der Waals surface area (Å²) in [4.78, 5) is 38.0. The molecule has 1 aliphatic heterocycles. The topological polar surface area (TPSA) is 98.1 Å². The van der Waals surface area contributed by atoms with Crippen molar-refractivity contribution in [3.8, 4) is 17.2 Å². The molecule has 2 aromatic rings. The highest BCUT2D eigenvalue weighted by Crippen LogP contribution is 2.29. The Morgan fingerprint density at radius 2 is 1.85 bits per heavy atom. The van der Waals surface area contributed by atoms with Crippen LogP contribution in [0.25, 0.3) is 5.69 Å². The summed E-state index contributed by atoms with van der Waals surface area (Å²) >= 11 is 0. The van der Waals surface area contributed by atoms with Crippen LogP contribution in [0.1, 0.15) is 28.4 Å². The largest absolute Gasteiger partial charge is 0.493 e. The number of nitrogens with zero attached hydrogens (tertiary/aromatic N) is 2. The molecule has 0 unspecified atom stereocenters. The minimum absolute atomic E-state index is 0.0959. The van der Waals surface area contributed by atoms with Gasteiger partial charge in [-0.1, -0.05) is 0 Å². The number of hydrogen-bond donors (Lipinski definition) is 1. The van der Waals surface area contributed by atoms with Crippen molar-refractivity contribution in [1.82, 2.24) is 9.47 Å². The molecule has 27 heavy (non-hydrogen) atoms. The van der Waals surface area contributed by atoms with Gasteiger partial charge in [0.1, 0.15) is 5.56 Å². The van der Waals surface area contributed by atoms with E-state index in [1.54, 1.807) is 29.3 Å². The number of fused-ring (bicyclic) bond motifs is 1. The van der Waals surface area contributed by atoms with Crippen molar-refractivity contribution < 1.29 is 24.2 Å². The molecule has 0 spiro atoms. The molecule has 0 radical (unpaired) electrons. The number of hydrogen-bond acceptors (Lipinski definition) is 5. The van der Waals surface area contributed by atoms with E-state index in [9.17, 15) is 19.5 Å². The van der Waals surface area contributed by atoms with Crippen LogP contribution in [0.3, 0.4) is 0 Å². The van der Waals surface area contributed by atoms with Gasteiger partial charge in [-0.25, -0.2) is 4.79 Å². The molecule has 0 saturated heterocycles. The van der Waals surface area contributed by atoms with Gasteiger partial charge in [0.25, 0.3) is 5.56 Å². The minimum atomic E-state index is -1.28. The van der Waals surface area contributed by atoms with Gasteiger partial charge in [-0.15, -0.1) is 0 Å². The van der Waals surface area contributed by atoms with Crippen LogP contribution >= 0.6 is 0 Å². The molecular weight excluding hydrogens is 352 g/mol. The molecular formula is C19H20N2O6. The first-order chi connectivity index (χ1) is 12.9. The predicted octanol–water partition coefficient (Wildman–Crippen LogP) is 1.46. The Hall–Kier alpha value is -3.29. The highest BCUT2D eigenvalue weighted by Gasteiger charge is 2.27. The van der Waals surface area contributed by atoms with Crippen LogP contribution in [0.2, 0.25) is 0 Å². The maximum atomic E-state index is 12.9. The van der Waals surface area contributed by atoms with E-state index in [0.717, 1.165) is 0 Å². The number of methoxy groups -OCH3 is 2. The van der Waals surface area contributed by atoms with Crippen molar-refractivity contribution in [2.24, 2.45) is 0 Å². The van der Waals surface area contributed by atoms with Gasteiger partial charge < -0.3 is 19.5 Å². The van der Waals surface area contributed by atoms with Crippen LogP contribution in [0.4, 0.5) is 0 Å². The maximum absolute atomic E-state index is 12.9. The van der Waals surface area contributed by atoms with E-state index in [1.807, 2.05) is 0 Å². The molecule has 0 bridgehead atoms. The number of carbonyl (C=O) groups excluding carboxylic acids is 1. The third-order valence-corrected chi connectivity index (χ3v) is 4.70. The second kappa shape index (κ2) is 7.14. The van der Waals surface area contributed by atoms with Crippen molar-refractivity contribution in [2.45, 2.75) is 19.9 Å². The molecule has 8 nitrogen and oxygen atoms in total. The molecule has 1 aromatic carbocycles. The van der Waals surface area contributed by atoms with Gasteiger partial charge in [-0.05, 0) is 29.7 Å². The Bertz CT molecular complexity index is 979. The lowest BCUT2D eigenvalue weighted by atomic mass is 9.96. The van der Waals surface area contributed by atoms with Gasteiger partial charge in [-0.2, -0.15) is 0 Å².